The second-order valence-electron chi connectivity index (χ2n) is 7.56. The Hall–Kier alpha value is -4.03. The maximum Gasteiger partial charge on any atom is 0.167 e. The summed E-state index contributed by atoms with van der Waals surface area (Å²) >= 11 is 1.24. The monoisotopic (exact) mass is 451 g/mol. The summed E-state index contributed by atoms with van der Waals surface area (Å²) in [6, 6.07) is 27.4. The van der Waals surface area contributed by atoms with Gasteiger partial charge < -0.3 is 0 Å². The first-order valence-corrected chi connectivity index (χ1v) is 11.2. The van der Waals surface area contributed by atoms with Crippen LogP contribution in [0, 0.1) is 11.6 Å². The predicted molar refractivity (Wildman–Crippen MR) is 129 cm³/mol. The SMILES string of the molecule is Fc1cc(-c2nc(-c3ccccc3)nc(-c3ccccc3)n2)c(F)c2c1sc1ccccc12. The first-order chi connectivity index (χ1) is 16.2. The Balaban J connectivity index is 1.65. The van der Waals surface area contributed by atoms with Crippen molar-refractivity contribution in [2.45, 2.75) is 0 Å². The van der Waals surface area contributed by atoms with E-state index in [4.69, 9.17) is 0 Å². The van der Waals surface area contributed by atoms with Crippen molar-refractivity contribution in [2.24, 2.45) is 0 Å². The summed E-state index contributed by atoms with van der Waals surface area (Å²) in [6.45, 7) is 0. The molecule has 0 amide bonds. The van der Waals surface area contributed by atoms with Crippen LogP contribution in [-0.2, 0) is 0 Å². The van der Waals surface area contributed by atoms with E-state index < -0.39 is 11.6 Å². The van der Waals surface area contributed by atoms with Crippen molar-refractivity contribution in [3.63, 3.8) is 0 Å². The van der Waals surface area contributed by atoms with Crippen LogP contribution in [0.25, 0.3) is 54.3 Å². The fourth-order valence-corrected chi connectivity index (χ4v) is 5.02. The maximum absolute atomic E-state index is 15.9. The Bertz CT molecular complexity index is 1570. The third-order valence-corrected chi connectivity index (χ3v) is 6.66. The van der Waals surface area contributed by atoms with Gasteiger partial charge in [0.2, 0.25) is 0 Å². The smallest absolute Gasteiger partial charge is 0.167 e. The molecular weight excluding hydrogens is 436 g/mol. The van der Waals surface area contributed by atoms with Gasteiger partial charge >= 0.3 is 0 Å². The Morgan fingerprint density at radius 1 is 0.606 bits per heavy atom. The Morgan fingerprint density at radius 2 is 1.15 bits per heavy atom. The van der Waals surface area contributed by atoms with Gasteiger partial charge in [0.05, 0.1) is 10.3 Å². The molecule has 0 aliphatic heterocycles. The minimum Gasteiger partial charge on any atom is -0.208 e. The van der Waals surface area contributed by atoms with E-state index in [1.54, 1.807) is 6.07 Å². The highest BCUT2D eigenvalue weighted by Gasteiger charge is 2.21. The minimum absolute atomic E-state index is 0.0142. The second-order valence-corrected chi connectivity index (χ2v) is 8.61. The third-order valence-electron chi connectivity index (χ3n) is 5.48. The summed E-state index contributed by atoms with van der Waals surface area (Å²) in [6.07, 6.45) is 0. The number of nitrogens with zero attached hydrogens (tertiary/aromatic N) is 3. The quantitative estimate of drug-likeness (QED) is 0.279. The van der Waals surface area contributed by atoms with Crippen molar-refractivity contribution >= 4 is 31.5 Å². The topological polar surface area (TPSA) is 38.7 Å². The van der Waals surface area contributed by atoms with Crippen LogP contribution in [0.2, 0.25) is 0 Å². The van der Waals surface area contributed by atoms with Gasteiger partial charge in [-0.15, -0.1) is 11.3 Å². The highest BCUT2D eigenvalue weighted by molar-refractivity contribution is 7.25. The van der Waals surface area contributed by atoms with Crippen LogP contribution in [-0.4, -0.2) is 15.0 Å². The Kier molecular flexibility index (Phi) is 4.66. The summed E-state index contributed by atoms with van der Waals surface area (Å²) in [5.41, 5.74) is 1.54. The van der Waals surface area contributed by atoms with Crippen molar-refractivity contribution in [3.8, 4) is 34.2 Å². The average Bonchev–Trinajstić information content (AvgIpc) is 3.28. The fourth-order valence-electron chi connectivity index (χ4n) is 3.91. The van der Waals surface area contributed by atoms with Crippen LogP contribution < -0.4 is 0 Å². The van der Waals surface area contributed by atoms with Gasteiger partial charge in [-0.1, -0.05) is 78.9 Å². The number of fused-ring (bicyclic) bond motifs is 3. The molecule has 0 atom stereocenters. The highest BCUT2D eigenvalue weighted by atomic mass is 32.1. The molecule has 0 fully saturated rings. The Labute approximate surface area is 192 Å². The van der Waals surface area contributed by atoms with E-state index in [1.165, 1.54) is 17.4 Å². The molecule has 3 nitrogen and oxygen atoms in total. The lowest BCUT2D eigenvalue weighted by molar-refractivity contribution is 0.621. The number of hydrogen-bond donors (Lipinski definition) is 0. The van der Waals surface area contributed by atoms with Gasteiger partial charge in [-0.05, 0) is 12.1 Å². The van der Waals surface area contributed by atoms with Gasteiger partial charge in [0.1, 0.15) is 11.6 Å². The third kappa shape index (κ3) is 3.36. The zero-order valence-electron chi connectivity index (χ0n) is 17.2. The number of hydrogen-bond acceptors (Lipinski definition) is 4. The fraction of sp³-hybridized carbons (Fsp3) is 0. The molecule has 2 heterocycles. The molecule has 6 aromatic rings. The molecule has 0 radical (unpaired) electrons. The summed E-state index contributed by atoms with van der Waals surface area (Å²) in [5.74, 6) is -0.140. The lowest BCUT2D eigenvalue weighted by Gasteiger charge is -2.10. The lowest BCUT2D eigenvalue weighted by Crippen LogP contribution is -2.02. The highest BCUT2D eigenvalue weighted by Crippen LogP contribution is 2.40. The van der Waals surface area contributed by atoms with E-state index in [0.717, 1.165) is 15.8 Å². The second kappa shape index (κ2) is 7.83. The van der Waals surface area contributed by atoms with E-state index in [9.17, 15) is 0 Å². The molecule has 0 aliphatic rings. The van der Waals surface area contributed by atoms with Crippen molar-refractivity contribution in [3.05, 3.63) is 103 Å². The van der Waals surface area contributed by atoms with Crippen molar-refractivity contribution in [1.82, 2.24) is 15.0 Å². The molecule has 33 heavy (non-hydrogen) atoms. The van der Waals surface area contributed by atoms with Gasteiger partial charge in [0, 0.05) is 26.6 Å². The zero-order valence-corrected chi connectivity index (χ0v) is 18.0. The van der Waals surface area contributed by atoms with Crippen LogP contribution in [0.5, 0.6) is 0 Å². The van der Waals surface area contributed by atoms with Crippen LogP contribution in [0.15, 0.2) is 91.0 Å². The largest absolute Gasteiger partial charge is 0.208 e. The predicted octanol–water partition coefficient (Wildman–Crippen LogP) is 7.52. The van der Waals surface area contributed by atoms with Crippen LogP contribution in [0.4, 0.5) is 8.78 Å². The zero-order chi connectivity index (χ0) is 22.4. The van der Waals surface area contributed by atoms with E-state index in [-0.39, 0.29) is 21.5 Å². The van der Waals surface area contributed by atoms with Crippen molar-refractivity contribution in [2.75, 3.05) is 0 Å². The standard InChI is InChI=1S/C27H15F2N3S/c28-20-15-19(23(29)22-18-13-7-8-14-21(18)33-24(20)22)27-31-25(16-9-3-1-4-10-16)30-26(32-27)17-11-5-2-6-12-17/h1-15H. The lowest BCUT2D eigenvalue weighted by atomic mass is 10.1. The van der Waals surface area contributed by atoms with Crippen molar-refractivity contribution < 1.29 is 8.78 Å². The molecule has 2 aromatic heterocycles. The van der Waals surface area contributed by atoms with Gasteiger partial charge in [-0.3, -0.25) is 0 Å². The summed E-state index contributed by atoms with van der Waals surface area (Å²) in [4.78, 5) is 13.7. The van der Waals surface area contributed by atoms with E-state index >= 15 is 8.78 Å². The molecule has 6 heteroatoms. The average molecular weight is 452 g/mol. The van der Waals surface area contributed by atoms with E-state index in [0.29, 0.717) is 17.0 Å². The maximum atomic E-state index is 15.9. The van der Waals surface area contributed by atoms with E-state index in [1.807, 2.05) is 78.9 Å². The van der Waals surface area contributed by atoms with Gasteiger partial charge in [-0.2, -0.15) is 0 Å². The van der Waals surface area contributed by atoms with Crippen LogP contribution in [0.3, 0.4) is 0 Å². The normalized spacial score (nSPS) is 11.3. The number of aromatic nitrogens is 3. The van der Waals surface area contributed by atoms with Gasteiger partial charge in [0.25, 0.3) is 0 Å². The molecule has 0 N–H and O–H groups in total. The summed E-state index contributed by atoms with van der Waals surface area (Å²) in [7, 11) is 0. The summed E-state index contributed by atoms with van der Waals surface area (Å²) < 4.78 is 32.2. The molecular formula is C27H15F2N3S. The summed E-state index contributed by atoms with van der Waals surface area (Å²) in [5, 5.41) is 0.935. The molecule has 0 saturated heterocycles. The molecule has 6 rings (SSSR count). The molecule has 0 unspecified atom stereocenters. The molecule has 0 saturated carbocycles. The number of benzene rings is 4. The number of halogens is 2. The van der Waals surface area contributed by atoms with Crippen LogP contribution in [0.1, 0.15) is 0 Å². The first-order valence-electron chi connectivity index (χ1n) is 10.4. The first kappa shape index (κ1) is 19.6. The Morgan fingerprint density at radius 3 is 1.79 bits per heavy atom. The molecule has 0 spiro atoms. The van der Waals surface area contributed by atoms with Gasteiger partial charge in [-0.25, -0.2) is 23.7 Å². The van der Waals surface area contributed by atoms with Gasteiger partial charge in [0.15, 0.2) is 17.5 Å². The molecule has 0 aliphatic carbocycles. The molecule has 4 aromatic carbocycles. The van der Waals surface area contributed by atoms with Crippen LogP contribution >= 0.6 is 11.3 Å². The molecule has 158 valence electrons. The number of rotatable bonds is 3. The van der Waals surface area contributed by atoms with Crippen molar-refractivity contribution in [1.29, 1.82) is 0 Å². The van der Waals surface area contributed by atoms with E-state index in [2.05, 4.69) is 15.0 Å². The number of thiophene rings is 1. The minimum atomic E-state index is -0.534. The molecule has 0 bridgehead atoms.